The number of aromatic nitrogens is 1. The lowest BCUT2D eigenvalue weighted by molar-refractivity contribution is -0.274. The summed E-state index contributed by atoms with van der Waals surface area (Å²) in [4.78, 5) is 36.5. The Morgan fingerprint density at radius 3 is 2.37 bits per heavy atom. The third kappa shape index (κ3) is 7.51. The van der Waals surface area contributed by atoms with E-state index in [1.165, 1.54) is 31.0 Å². The molecule has 0 spiro atoms. The Balaban J connectivity index is 1.46. The van der Waals surface area contributed by atoms with Crippen molar-refractivity contribution in [1.29, 1.82) is 0 Å². The van der Waals surface area contributed by atoms with Crippen molar-refractivity contribution in [2.75, 3.05) is 18.5 Å². The normalized spacial score (nSPS) is 11.3. The predicted molar refractivity (Wildman–Crippen MR) is 150 cm³/mol. The number of benzene rings is 3. The van der Waals surface area contributed by atoms with Gasteiger partial charge in [0.25, 0.3) is 5.91 Å². The first-order chi connectivity index (χ1) is 19.3. The van der Waals surface area contributed by atoms with E-state index in [0.29, 0.717) is 22.0 Å². The number of halogens is 5. The van der Waals surface area contributed by atoms with Gasteiger partial charge in [-0.05, 0) is 55.5 Å². The van der Waals surface area contributed by atoms with Gasteiger partial charge in [0.2, 0.25) is 5.91 Å². The summed E-state index contributed by atoms with van der Waals surface area (Å²) < 4.78 is 48.0. The highest BCUT2D eigenvalue weighted by Gasteiger charge is 2.31. The van der Waals surface area contributed by atoms with E-state index in [1.807, 2.05) is 19.1 Å². The number of likely N-dealkylation sites (N-methyl/N-ethyl adjacent to an activating group) is 1. The van der Waals surface area contributed by atoms with Crippen LogP contribution in [0.3, 0.4) is 0 Å². The lowest BCUT2D eigenvalue weighted by Gasteiger charge is -2.25. The van der Waals surface area contributed by atoms with Crippen LogP contribution in [0, 0.1) is 6.92 Å². The standard InChI is InChI=1S/C27H22Cl2F3N3O5S/c1-15-33-26-22(5-4-6-23(26)41-15)38-14-19-20(28)11-12-21(25(19)29)34(3)24(37)13-35(16(2)36)40-18-9-7-17(8-10-18)39-27(30,31)32/h4-12H,13-14H2,1-3H3. The Labute approximate surface area is 246 Å². The molecule has 0 aliphatic rings. The van der Waals surface area contributed by atoms with Crippen LogP contribution >= 0.6 is 34.5 Å². The molecule has 0 N–H and O–H groups in total. The smallest absolute Gasteiger partial charge is 0.486 e. The van der Waals surface area contributed by atoms with Crippen LogP contribution in [-0.4, -0.2) is 41.8 Å². The molecule has 216 valence electrons. The molecule has 1 heterocycles. The molecule has 14 heteroatoms. The van der Waals surface area contributed by atoms with Crippen molar-refractivity contribution in [2.45, 2.75) is 26.8 Å². The van der Waals surface area contributed by atoms with Gasteiger partial charge in [0, 0.05) is 24.6 Å². The largest absolute Gasteiger partial charge is 0.573 e. The Bertz CT molecular complexity index is 1580. The van der Waals surface area contributed by atoms with Crippen molar-refractivity contribution in [2.24, 2.45) is 0 Å². The number of ether oxygens (including phenoxy) is 2. The number of hydrogen-bond donors (Lipinski definition) is 0. The highest BCUT2D eigenvalue weighted by Crippen LogP contribution is 2.36. The number of aryl methyl sites for hydroxylation is 1. The fourth-order valence-electron chi connectivity index (χ4n) is 3.68. The summed E-state index contributed by atoms with van der Waals surface area (Å²) in [6.45, 7) is 2.55. The maximum absolute atomic E-state index is 13.1. The van der Waals surface area contributed by atoms with Gasteiger partial charge in [0.05, 0.1) is 20.4 Å². The molecule has 4 rings (SSSR count). The quantitative estimate of drug-likeness (QED) is 0.183. The molecule has 1 aromatic heterocycles. The van der Waals surface area contributed by atoms with Gasteiger partial charge < -0.3 is 19.2 Å². The van der Waals surface area contributed by atoms with E-state index >= 15 is 0 Å². The lowest BCUT2D eigenvalue weighted by Crippen LogP contribution is -2.42. The van der Waals surface area contributed by atoms with E-state index < -0.39 is 30.5 Å². The molecule has 41 heavy (non-hydrogen) atoms. The van der Waals surface area contributed by atoms with Gasteiger partial charge in [0.1, 0.15) is 30.2 Å². The number of thiazole rings is 1. The van der Waals surface area contributed by atoms with E-state index in [1.54, 1.807) is 29.5 Å². The molecular weight excluding hydrogens is 606 g/mol. The van der Waals surface area contributed by atoms with E-state index in [-0.39, 0.29) is 17.4 Å². The van der Waals surface area contributed by atoms with E-state index in [0.717, 1.165) is 32.4 Å². The minimum absolute atomic E-state index is 0.0000445. The first-order valence-electron chi connectivity index (χ1n) is 11.9. The summed E-state index contributed by atoms with van der Waals surface area (Å²) in [6, 6.07) is 13.1. The summed E-state index contributed by atoms with van der Waals surface area (Å²) in [7, 11) is 1.46. The number of amides is 2. The van der Waals surface area contributed by atoms with Crippen LogP contribution in [0.5, 0.6) is 17.2 Å². The van der Waals surface area contributed by atoms with E-state index in [2.05, 4.69) is 9.72 Å². The number of fused-ring (bicyclic) bond motifs is 1. The lowest BCUT2D eigenvalue weighted by atomic mass is 10.2. The van der Waals surface area contributed by atoms with Crippen LogP contribution < -0.4 is 19.2 Å². The zero-order valence-electron chi connectivity index (χ0n) is 21.8. The number of alkyl halides is 3. The van der Waals surface area contributed by atoms with Gasteiger partial charge >= 0.3 is 6.36 Å². The van der Waals surface area contributed by atoms with Crippen molar-refractivity contribution < 1.29 is 37.1 Å². The second-order valence-electron chi connectivity index (χ2n) is 8.60. The van der Waals surface area contributed by atoms with Gasteiger partial charge in [-0.2, -0.15) is 5.06 Å². The van der Waals surface area contributed by atoms with Gasteiger partial charge in [0.15, 0.2) is 5.75 Å². The molecule has 0 aliphatic carbocycles. The van der Waals surface area contributed by atoms with Crippen molar-refractivity contribution >= 4 is 62.3 Å². The maximum atomic E-state index is 13.1. The number of nitrogens with zero attached hydrogens (tertiary/aromatic N) is 3. The number of anilines is 1. The van der Waals surface area contributed by atoms with Crippen LogP contribution in [0.1, 0.15) is 17.5 Å². The van der Waals surface area contributed by atoms with E-state index in [9.17, 15) is 22.8 Å². The average molecular weight is 628 g/mol. The first-order valence-corrected chi connectivity index (χ1v) is 13.4. The van der Waals surface area contributed by atoms with Crippen molar-refractivity contribution in [3.05, 3.63) is 75.2 Å². The number of para-hydroxylation sites is 1. The van der Waals surface area contributed by atoms with Gasteiger partial charge in [-0.1, -0.05) is 29.3 Å². The Morgan fingerprint density at radius 1 is 1.02 bits per heavy atom. The number of rotatable bonds is 9. The second kappa shape index (κ2) is 12.4. The summed E-state index contributed by atoms with van der Waals surface area (Å²) >= 11 is 14.6. The molecule has 0 aliphatic heterocycles. The average Bonchev–Trinajstić information content (AvgIpc) is 3.29. The number of carbonyl (C=O) groups is 2. The molecule has 0 radical (unpaired) electrons. The van der Waals surface area contributed by atoms with Crippen molar-refractivity contribution in [3.63, 3.8) is 0 Å². The zero-order chi connectivity index (χ0) is 29.9. The summed E-state index contributed by atoms with van der Waals surface area (Å²) in [5.41, 5.74) is 1.47. The minimum atomic E-state index is -4.85. The molecule has 8 nitrogen and oxygen atoms in total. The molecule has 2 amide bonds. The molecule has 0 atom stereocenters. The maximum Gasteiger partial charge on any atom is 0.573 e. The van der Waals surface area contributed by atoms with Gasteiger partial charge in [-0.3, -0.25) is 9.59 Å². The Morgan fingerprint density at radius 2 is 1.71 bits per heavy atom. The Hall–Kier alpha value is -3.74. The van der Waals surface area contributed by atoms with Crippen LogP contribution in [0.15, 0.2) is 54.6 Å². The monoisotopic (exact) mass is 627 g/mol. The highest BCUT2D eigenvalue weighted by atomic mass is 35.5. The van der Waals surface area contributed by atoms with Crippen LogP contribution in [0.25, 0.3) is 10.2 Å². The van der Waals surface area contributed by atoms with Gasteiger partial charge in [-0.15, -0.1) is 24.5 Å². The van der Waals surface area contributed by atoms with Crippen LogP contribution in [0.4, 0.5) is 18.9 Å². The van der Waals surface area contributed by atoms with Crippen molar-refractivity contribution in [3.8, 4) is 17.2 Å². The topological polar surface area (TPSA) is 81.2 Å². The van der Waals surface area contributed by atoms with E-state index in [4.69, 9.17) is 32.8 Å². The SMILES string of the molecule is CC(=O)N(CC(=O)N(C)c1ccc(Cl)c(COc2cccc3sc(C)nc23)c1Cl)Oc1ccc(OC(F)(F)F)cc1. The molecular formula is C27H22Cl2F3N3O5S. The summed E-state index contributed by atoms with van der Waals surface area (Å²) in [5.74, 6) is -1.09. The molecule has 3 aromatic carbocycles. The third-order valence-corrected chi connectivity index (χ3v) is 7.38. The molecule has 0 bridgehead atoms. The second-order valence-corrected chi connectivity index (χ2v) is 10.6. The Kier molecular flexibility index (Phi) is 9.15. The molecule has 0 saturated carbocycles. The molecule has 0 fully saturated rings. The highest BCUT2D eigenvalue weighted by molar-refractivity contribution is 7.18. The molecule has 4 aromatic rings. The van der Waals surface area contributed by atoms with Crippen LogP contribution in [-0.2, 0) is 16.2 Å². The molecule has 0 unspecified atom stereocenters. The number of carbonyl (C=O) groups excluding carboxylic acids is 2. The molecule has 0 saturated heterocycles. The summed E-state index contributed by atoms with van der Waals surface area (Å²) in [5, 5.41) is 2.16. The first kappa shape index (κ1) is 30.2. The number of hydroxylamine groups is 2. The number of hydrogen-bond acceptors (Lipinski definition) is 7. The fourth-order valence-corrected chi connectivity index (χ4v) is 5.13. The summed E-state index contributed by atoms with van der Waals surface area (Å²) in [6.07, 6.45) is -4.85. The third-order valence-electron chi connectivity index (χ3n) is 5.67. The fraction of sp³-hybridized carbons (Fsp3) is 0.222. The van der Waals surface area contributed by atoms with Crippen molar-refractivity contribution in [1.82, 2.24) is 10.0 Å². The zero-order valence-corrected chi connectivity index (χ0v) is 24.1. The van der Waals surface area contributed by atoms with Gasteiger partial charge in [-0.25, -0.2) is 4.98 Å². The predicted octanol–water partition coefficient (Wildman–Crippen LogP) is 7.19. The van der Waals surface area contributed by atoms with Crippen LogP contribution in [0.2, 0.25) is 10.0 Å². The minimum Gasteiger partial charge on any atom is -0.486 e.